The van der Waals surface area contributed by atoms with Gasteiger partial charge in [-0.05, 0) is 53.0 Å². The van der Waals surface area contributed by atoms with Gasteiger partial charge in [-0.2, -0.15) is 0 Å². The van der Waals surface area contributed by atoms with Gasteiger partial charge in [-0.15, -0.1) is 0 Å². The van der Waals surface area contributed by atoms with Crippen LogP contribution in [0.4, 0.5) is 0 Å². The zero-order valence-corrected chi connectivity index (χ0v) is 27.2. The maximum Gasteiger partial charge on any atom is -0.00248 e. The van der Waals surface area contributed by atoms with Crippen LogP contribution in [0.5, 0.6) is 0 Å². The van der Waals surface area contributed by atoms with E-state index >= 15 is 0 Å². The molecule has 0 aliphatic heterocycles. The summed E-state index contributed by atoms with van der Waals surface area (Å²) in [4.78, 5) is 2.27. The SMILES string of the molecule is CCCCCCCCCCCCNCCCCCCCCCCC.CCCCCCCCCCN(C)C. The molecule has 0 aromatic heterocycles. The fourth-order valence-corrected chi connectivity index (χ4v) is 4.99. The van der Waals surface area contributed by atoms with E-state index < -0.39 is 0 Å². The normalized spacial score (nSPS) is 11.2. The van der Waals surface area contributed by atoms with Crippen LogP contribution >= 0.6 is 0 Å². The molecule has 0 rings (SSSR count). The molecule has 0 aromatic carbocycles. The summed E-state index contributed by atoms with van der Waals surface area (Å²) in [5.74, 6) is 0. The zero-order chi connectivity index (χ0) is 27.5. The highest BCUT2D eigenvalue weighted by molar-refractivity contribution is 4.53. The third-order valence-corrected chi connectivity index (χ3v) is 7.62. The second kappa shape index (κ2) is 38.1. The van der Waals surface area contributed by atoms with Gasteiger partial charge < -0.3 is 10.2 Å². The molecule has 2 heteroatoms. The number of nitrogens with one attached hydrogen (secondary N) is 1. The Morgan fingerprint density at radius 1 is 0.324 bits per heavy atom. The molecule has 0 bridgehead atoms. The van der Waals surface area contributed by atoms with Crippen molar-refractivity contribution in [2.75, 3.05) is 33.7 Å². The van der Waals surface area contributed by atoms with Crippen molar-refractivity contribution in [3.05, 3.63) is 0 Å². The summed E-state index contributed by atoms with van der Waals surface area (Å²) in [6.45, 7) is 10.6. The summed E-state index contributed by atoms with van der Waals surface area (Å²) in [5.41, 5.74) is 0. The van der Waals surface area contributed by atoms with E-state index in [9.17, 15) is 0 Å². The number of rotatable bonds is 30. The number of nitrogens with zero attached hydrogens (tertiary/aromatic N) is 1. The summed E-state index contributed by atoms with van der Waals surface area (Å²) in [5, 5.41) is 3.63. The lowest BCUT2D eigenvalue weighted by atomic mass is 10.1. The predicted octanol–water partition coefficient (Wildman–Crippen LogP) is 11.7. The van der Waals surface area contributed by atoms with Crippen LogP contribution in [0.1, 0.15) is 194 Å². The Morgan fingerprint density at radius 3 is 0.838 bits per heavy atom. The molecule has 0 fully saturated rings. The molecule has 0 saturated heterocycles. The third-order valence-electron chi connectivity index (χ3n) is 7.62. The number of hydrogen-bond acceptors (Lipinski definition) is 2. The van der Waals surface area contributed by atoms with Crippen molar-refractivity contribution in [3.8, 4) is 0 Å². The van der Waals surface area contributed by atoms with E-state index in [-0.39, 0.29) is 0 Å². The minimum atomic E-state index is 1.24. The lowest BCUT2D eigenvalue weighted by Crippen LogP contribution is -2.16. The first kappa shape index (κ1) is 39.1. The first-order valence-corrected chi connectivity index (χ1v) is 17.5. The van der Waals surface area contributed by atoms with Crippen molar-refractivity contribution in [1.29, 1.82) is 0 Å². The molecule has 0 radical (unpaired) electrons. The predicted molar refractivity (Wildman–Crippen MR) is 173 cm³/mol. The van der Waals surface area contributed by atoms with E-state index in [1.165, 1.54) is 193 Å². The van der Waals surface area contributed by atoms with E-state index in [2.05, 4.69) is 45.1 Å². The molecule has 0 aliphatic rings. The maximum atomic E-state index is 3.63. The second-order valence-electron chi connectivity index (χ2n) is 12.0. The van der Waals surface area contributed by atoms with Gasteiger partial charge >= 0.3 is 0 Å². The maximum absolute atomic E-state index is 3.63. The van der Waals surface area contributed by atoms with Gasteiger partial charge in [0.15, 0.2) is 0 Å². The number of unbranched alkanes of at least 4 members (excludes halogenated alkanes) is 24. The van der Waals surface area contributed by atoms with Crippen molar-refractivity contribution in [1.82, 2.24) is 10.2 Å². The number of hydrogen-bond donors (Lipinski definition) is 1. The highest BCUT2D eigenvalue weighted by atomic mass is 15.0. The largest absolute Gasteiger partial charge is 0.317 e. The summed E-state index contributed by atoms with van der Waals surface area (Å²) in [6, 6.07) is 0. The average Bonchev–Trinajstić information content (AvgIpc) is 2.89. The Kier molecular flexibility index (Phi) is 40.2. The smallest absolute Gasteiger partial charge is 0.00248 e. The monoisotopic (exact) mass is 525 g/mol. The third kappa shape index (κ3) is 43.2. The lowest BCUT2D eigenvalue weighted by Gasteiger charge is -2.08. The van der Waals surface area contributed by atoms with Crippen LogP contribution in [0.15, 0.2) is 0 Å². The zero-order valence-electron chi connectivity index (χ0n) is 27.2. The molecule has 37 heavy (non-hydrogen) atoms. The Bertz CT molecular complexity index is 333. The molecule has 1 N–H and O–H groups in total. The Morgan fingerprint density at radius 2 is 0.568 bits per heavy atom. The van der Waals surface area contributed by atoms with E-state index in [0.717, 1.165) is 0 Å². The van der Waals surface area contributed by atoms with E-state index in [0.29, 0.717) is 0 Å². The van der Waals surface area contributed by atoms with Crippen LogP contribution in [-0.2, 0) is 0 Å². The molecule has 0 heterocycles. The molecule has 0 saturated carbocycles. The van der Waals surface area contributed by atoms with E-state index in [1.807, 2.05) is 0 Å². The van der Waals surface area contributed by atoms with Crippen molar-refractivity contribution < 1.29 is 0 Å². The lowest BCUT2D eigenvalue weighted by molar-refractivity contribution is 0.389. The molecule has 0 unspecified atom stereocenters. The van der Waals surface area contributed by atoms with Gasteiger partial charge in [-0.1, -0.05) is 175 Å². The summed E-state index contributed by atoms with van der Waals surface area (Å²) < 4.78 is 0. The quantitative estimate of drug-likeness (QED) is 0.0939. The van der Waals surface area contributed by atoms with Crippen LogP contribution in [-0.4, -0.2) is 38.6 Å². The molecule has 226 valence electrons. The van der Waals surface area contributed by atoms with Gasteiger partial charge in [-0.3, -0.25) is 0 Å². The Hall–Kier alpha value is -0.0800. The molecule has 0 amide bonds. The van der Waals surface area contributed by atoms with Crippen LogP contribution in [0.3, 0.4) is 0 Å². The molecule has 0 aliphatic carbocycles. The Labute approximate surface area is 237 Å². The first-order valence-electron chi connectivity index (χ1n) is 17.5. The van der Waals surface area contributed by atoms with Gasteiger partial charge in [0.1, 0.15) is 0 Å². The Balaban J connectivity index is 0. The van der Waals surface area contributed by atoms with Gasteiger partial charge in [0.2, 0.25) is 0 Å². The molecular weight excluding hydrogens is 448 g/mol. The fraction of sp³-hybridized carbons (Fsp3) is 1.00. The molecular formula is C35H76N2. The minimum Gasteiger partial charge on any atom is -0.317 e. The highest BCUT2D eigenvalue weighted by Gasteiger charge is 1.95. The van der Waals surface area contributed by atoms with E-state index in [1.54, 1.807) is 0 Å². The van der Waals surface area contributed by atoms with Crippen molar-refractivity contribution in [3.63, 3.8) is 0 Å². The summed E-state index contributed by atoms with van der Waals surface area (Å²) in [6.07, 6.45) is 38.7. The molecule has 0 atom stereocenters. The average molecular weight is 525 g/mol. The van der Waals surface area contributed by atoms with Crippen LogP contribution in [0.2, 0.25) is 0 Å². The van der Waals surface area contributed by atoms with E-state index in [4.69, 9.17) is 0 Å². The van der Waals surface area contributed by atoms with Crippen molar-refractivity contribution in [2.45, 2.75) is 194 Å². The fourth-order valence-electron chi connectivity index (χ4n) is 4.99. The van der Waals surface area contributed by atoms with Gasteiger partial charge in [0.25, 0.3) is 0 Å². The molecule has 2 nitrogen and oxygen atoms in total. The standard InChI is InChI=1S/C23H49N.C12H27N/c1-3-5-7-9-11-13-15-17-19-21-23-24-22-20-18-16-14-12-10-8-6-4-2;1-4-5-6-7-8-9-10-11-12-13(2)3/h24H,3-23H2,1-2H3;4-12H2,1-3H3. The van der Waals surface area contributed by atoms with Gasteiger partial charge in [-0.25, -0.2) is 0 Å². The van der Waals surface area contributed by atoms with Crippen LogP contribution in [0, 0.1) is 0 Å². The molecule has 0 spiro atoms. The van der Waals surface area contributed by atoms with Gasteiger partial charge in [0, 0.05) is 0 Å². The van der Waals surface area contributed by atoms with Crippen LogP contribution < -0.4 is 5.32 Å². The minimum absolute atomic E-state index is 1.24. The molecule has 0 aromatic rings. The second-order valence-corrected chi connectivity index (χ2v) is 12.0. The highest BCUT2D eigenvalue weighted by Crippen LogP contribution is 2.11. The van der Waals surface area contributed by atoms with Crippen molar-refractivity contribution >= 4 is 0 Å². The topological polar surface area (TPSA) is 15.3 Å². The summed E-state index contributed by atoms with van der Waals surface area (Å²) >= 11 is 0. The van der Waals surface area contributed by atoms with Crippen molar-refractivity contribution in [2.24, 2.45) is 0 Å². The first-order chi connectivity index (χ1) is 18.2. The van der Waals surface area contributed by atoms with Crippen LogP contribution in [0.25, 0.3) is 0 Å². The summed E-state index contributed by atoms with van der Waals surface area (Å²) in [7, 11) is 4.31. The van der Waals surface area contributed by atoms with Gasteiger partial charge in [0.05, 0.1) is 0 Å².